The maximum atomic E-state index is 13.1. The molecule has 0 spiro atoms. The number of aryl methyl sites for hydroxylation is 2. The summed E-state index contributed by atoms with van der Waals surface area (Å²) in [5.41, 5.74) is 3.89. The second-order valence-corrected chi connectivity index (χ2v) is 13.8. The Hall–Kier alpha value is -5.58. The Kier molecular flexibility index (Phi) is 15.8. The Morgan fingerprint density at radius 1 is 0.836 bits per heavy atom. The van der Waals surface area contributed by atoms with E-state index in [1.807, 2.05) is 31.2 Å². The van der Waals surface area contributed by atoms with E-state index in [4.69, 9.17) is 28.8 Å². The molecule has 4 atom stereocenters. The standard InChI is InChI=1S/C18H18F2N6O2.C17H18N6O2.C2HClF2O2.Na/c1-10-21-7-14(16-8-23-25-26(16)18(19)20)17(24-10)28-9-11-5-13(11)15-4-3-12(27-2)6-22-15;1-10-18-7-14(16-8-20-23-22-16)17(21-10)25-9-11-5-13(11)15-4-3-12(24-2)6-19-15;3-2(4,5)1(6)7;/h3-4,6-8,11,13,18H,5,9H2,1-2H3;3-4,6-8,11,13H,5,9H2,1-2H3,(H,20,22,23);(H,6,7);/q;;;+1/p-1/t2*11-,13+;;/m11../s1. The summed E-state index contributed by atoms with van der Waals surface area (Å²) in [6, 6.07) is 7.77. The molecule has 6 heterocycles. The largest absolute Gasteiger partial charge is 1.00 e. The number of methoxy groups -OCH3 is 2. The van der Waals surface area contributed by atoms with Gasteiger partial charge in [-0.1, -0.05) is 5.21 Å². The van der Waals surface area contributed by atoms with Crippen molar-refractivity contribution in [3.63, 3.8) is 0 Å². The first-order chi connectivity index (χ1) is 28.7. The molecule has 0 saturated heterocycles. The third kappa shape index (κ3) is 12.5. The van der Waals surface area contributed by atoms with Crippen molar-refractivity contribution in [2.45, 2.75) is 50.5 Å². The number of aromatic amines is 1. The average Bonchev–Trinajstić information content (AvgIpc) is 4.05. The van der Waals surface area contributed by atoms with Crippen LogP contribution in [0.4, 0.5) is 17.6 Å². The van der Waals surface area contributed by atoms with Crippen LogP contribution in [0.1, 0.15) is 54.3 Å². The second kappa shape index (κ2) is 20.8. The van der Waals surface area contributed by atoms with Gasteiger partial charge in [0.1, 0.15) is 40.5 Å². The van der Waals surface area contributed by atoms with Crippen molar-refractivity contribution in [3.8, 4) is 45.8 Å². The van der Waals surface area contributed by atoms with Gasteiger partial charge in [-0.3, -0.25) is 9.97 Å². The monoisotopic (exact) mass is 878 g/mol. The molecule has 6 aromatic heterocycles. The fraction of sp³-hybridized carbons (Fsp3) is 0.378. The normalized spacial score (nSPS) is 17.4. The van der Waals surface area contributed by atoms with Crippen molar-refractivity contribution in [1.82, 2.24) is 60.3 Å². The summed E-state index contributed by atoms with van der Waals surface area (Å²) in [6.07, 6.45) is 11.5. The molecule has 2 aliphatic rings. The third-order valence-electron chi connectivity index (χ3n) is 9.17. The predicted octanol–water partition coefficient (Wildman–Crippen LogP) is 1.75. The fourth-order valence-electron chi connectivity index (χ4n) is 5.81. The predicted molar refractivity (Wildman–Crippen MR) is 199 cm³/mol. The first-order valence-corrected chi connectivity index (χ1v) is 18.4. The molecule has 24 heteroatoms. The molecule has 316 valence electrons. The summed E-state index contributed by atoms with van der Waals surface area (Å²) < 4.78 is 70.8. The number of alkyl halides is 5. The van der Waals surface area contributed by atoms with Crippen molar-refractivity contribution in [2.75, 3.05) is 27.4 Å². The maximum absolute atomic E-state index is 13.1. The molecule has 0 amide bonds. The molecule has 0 aromatic carbocycles. The van der Waals surface area contributed by atoms with Gasteiger partial charge in [0.05, 0.1) is 63.3 Å². The van der Waals surface area contributed by atoms with E-state index < -0.39 is 17.9 Å². The van der Waals surface area contributed by atoms with E-state index in [-0.39, 0.29) is 47.0 Å². The Labute approximate surface area is 372 Å². The average molecular weight is 879 g/mol. The van der Waals surface area contributed by atoms with Gasteiger partial charge >= 0.3 is 41.5 Å². The molecule has 61 heavy (non-hydrogen) atoms. The minimum Gasteiger partial charge on any atom is -0.543 e. The summed E-state index contributed by atoms with van der Waals surface area (Å²) >= 11 is 3.87. The number of pyridine rings is 2. The Morgan fingerprint density at radius 2 is 1.34 bits per heavy atom. The number of halogens is 5. The molecule has 2 saturated carbocycles. The van der Waals surface area contributed by atoms with Crippen LogP contribution in [0.5, 0.6) is 23.3 Å². The van der Waals surface area contributed by atoms with Gasteiger partial charge in [0.2, 0.25) is 11.8 Å². The van der Waals surface area contributed by atoms with Crippen LogP contribution in [0, 0.1) is 25.7 Å². The number of H-pyrrole nitrogens is 1. The molecule has 18 nitrogen and oxygen atoms in total. The number of nitrogens with zero attached hydrogens (tertiary/aromatic N) is 11. The smallest absolute Gasteiger partial charge is 0.543 e. The molecule has 8 rings (SSSR count). The topological polar surface area (TPSA) is 227 Å². The van der Waals surface area contributed by atoms with E-state index in [0.29, 0.717) is 70.2 Å². The summed E-state index contributed by atoms with van der Waals surface area (Å²) in [6.45, 7) is 1.71. The Morgan fingerprint density at radius 3 is 1.77 bits per heavy atom. The van der Waals surface area contributed by atoms with Gasteiger partial charge in [0.25, 0.3) is 0 Å². The zero-order chi connectivity index (χ0) is 43.0. The second-order valence-electron chi connectivity index (χ2n) is 13.3. The van der Waals surface area contributed by atoms with Gasteiger partial charge in [-0.2, -0.15) is 47.6 Å². The first-order valence-electron chi connectivity index (χ1n) is 18.0. The fourth-order valence-corrected chi connectivity index (χ4v) is 5.81. The summed E-state index contributed by atoms with van der Waals surface area (Å²) in [5, 5.41) is 22.3. The van der Waals surface area contributed by atoms with Crippen molar-refractivity contribution in [3.05, 3.63) is 84.5 Å². The van der Waals surface area contributed by atoms with Crippen molar-refractivity contribution < 1.29 is 76.0 Å². The van der Waals surface area contributed by atoms with E-state index in [2.05, 4.69) is 67.2 Å². The van der Waals surface area contributed by atoms with E-state index >= 15 is 0 Å². The molecule has 0 aliphatic heterocycles. The molecule has 6 aromatic rings. The van der Waals surface area contributed by atoms with Crippen molar-refractivity contribution in [1.29, 1.82) is 0 Å². The number of rotatable bonds is 14. The zero-order valence-corrected chi connectivity index (χ0v) is 36.0. The number of carbonyl (C=O) groups is 1. The van der Waals surface area contributed by atoms with E-state index in [9.17, 15) is 17.6 Å². The summed E-state index contributed by atoms with van der Waals surface area (Å²) in [4.78, 5) is 34.9. The van der Waals surface area contributed by atoms with Crippen LogP contribution in [0.3, 0.4) is 0 Å². The van der Waals surface area contributed by atoms with Crippen LogP contribution < -0.4 is 53.6 Å². The van der Waals surface area contributed by atoms with E-state index in [1.54, 1.807) is 45.9 Å². The Bertz CT molecular complexity index is 2340. The number of hydrogen-bond acceptors (Lipinski definition) is 16. The number of carbonyl (C=O) groups excluding carboxylic acids is 1. The van der Waals surface area contributed by atoms with Crippen LogP contribution in [-0.4, -0.2) is 99.1 Å². The van der Waals surface area contributed by atoms with Crippen LogP contribution in [0.15, 0.2) is 61.4 Å². The van der Waals surface area contributed by atoms with Gasteiger partial charge in [0, 0.05) is 47.5 Å². The van der Waals surface area contributed by atoms with Gasteiger partial charge in [-0.25, -0.2) is 9.97 Å². The van der Waals surface area contributed by atoms with Gasteiger partial charge in [0.15, 0.2) is 0 Å². The van der Waals surface area contributed by atoms with E-state index in [1.165, 1.54) is 12.4 Å². The van der Waals surface area contributed by atoms with Crippen LogP contribution >= 0.6 is 11.6 Å². The van der Waals surface area contributed by atoms with Crippen LogP contribution in [0.25, 0.3) is 22.5 Å². The SMILES string of the molecule is COc1ccc([C@H]2C[C@@H]2COc2nc(C)ncc2-c2cn[nH]n2)nc1.COc1ccc([C@H]2C[C@@H]2COc2nc(C)ncc2-c2cnnn2C(F)F)nc1.O=C([O-])C(F)(F)Cl.[Na+]. The maximum Gasteiger partial charge on any atom is 1.00 e. The minimum atomic E-state index is -4.22. The quantitative estimate of drug-likeness (QED) is 0.0934. The molecule has 2 aliphatic carbocycles. The third-order valence-corrected chi connectivity index (χ3v) is 9.32. The molecular formula is C37H36ClF4N12NaO6. The zero-order valence-electron chi connectivity index (χ0n) is 33.2. The first kappa shape index (κ1) is 46.5. The molecule has 1 N–H and O–H groups in total. The number of hydrogen-bond donors (Lipinski definition) is 1. The Balaban J connectivity index is 0.000000198. The number of nitrogens with one attached hydrogen (secondary N) is 1. The number of ether oxygens (including phenoxy) is 4. The van der Waals surface area contributed by atoms with Crippen molar-refractivity contribution in [2.24, 2.45) is 11.8 Å². The molecular weight excluding hydrogens is 843 g/mol. The number of aromatic nitrogens is 12. The summed E-state index contributed by atoms with van der Waals surface area (Å²) in [5.74, 6) is 2.26. The van der Waals surface area contributed by atoms with E-state index in [0.717, 1.165) is 35.5 Å². The molecule has 0 radical (unpaired) electrons. The van der Waals surface area contributed by atoms with Crippen LogP contribution in [-0.2, 0) is 4.79 Å². The molecule has 0 bridgehead atoms. The molecule has 0 unspecified atom stereocenters. The molecule has 2 fully saturated rings. The number of aliphatic carboxylic acids is 1. The number of carboxylic acids is 1. The van der Waals surface area contributed by atoms with Gasteiger partial charge in [-0.05, 0) is 62.6 Å². The number of carboxylic acid groups (broad SMARTS) is 1. The van der Waals surface area contributed by atoms with Crippen molar-refractivity contribution >= 4 is 17.6 Å². The summed E-state index contributed by atoms with van der Waals surface area (Å²) in [7, 11) is 3.24. The minimum absolute atomic E-state index is 0. The van der Waals surface area contributed by atoms with Gasteiger partial charge < -0.3 is 28.8 Å². The van der Waals surface area contributed by atoms with Crippen LogP contribution in [0.2, 0.25) is 0 Å². The van der Waals surface area contributed by atoms with Gasteiger partial charge in [-0.15, -0.1) is 5.10 Å².